The van der Waals surface area contributed by atoms with Gasteiger partial charge in [-0.1, -0.05) is 12.1 Å². The van der Waals surface area contributed by atoms with Crippen molar-refractivity contribution in [3.63, 3.8) is 0 Å². The van der Waals surface area contributed by atoms with E-state index in [-0.39, 0.29) is 5.56 Å². The SMILES string of the molecule is Cc1cnc(Nc2cnn(C3CCN(C)CC3)c2)nc1-c1ccc(C(=O)O)cc1. The number of carbonyl (C=O) groups is 1. The minimum atomic E-state index is -0.945. The lowest BCUT2D eigenvalue weighted by Gasteiger charge is -2.28. The average Bonchev–Trinajstić information content (AvgIpc) is 3.18. The van der Waals surface area contributed by atoms with Gasteiger partial charge in [-0.3, -0.25) is 4.68 Å². The monoisotopic (exact) mass is 392 g/mol. The molecule has 0 amide bonds. The number of rotatable bonds is 5. The van der Waals surface area contributed by atoms with Gasteiger partial charge in [-0.25, -0.2) is 14.8 Å². The minimum absolute atomic E-state index is 0.250. The Balaban J connectivity index is 1.51. The van der Waals surface area contributed by atoms with Crippen LogP contribution in [0.1, 0.15) is 34.8 Å². The molecule has 1 aliphatic rings. The molecule has 0 spiro atoms. The molecule has 0 radical (unpaired) electrons. The number of hydrogen-bond acceptors (Lipinski definition) is 6. The zero-order chi connectivity index (χ0) is 20.4. The summed E-state index contributed by atoms with van der Waals surface area (Å²) in [5.74, 6) is -0.462. The van der Waals surface area contributed by atoms with E-state index < -0.39 is 5.97 Å². The van der Waals surface area contributed by atoms with Crippen molar-refractivity contribution in [2.45, 2.75) is 25.8 Å². The Kier molecular flexibility index (Phi) is 5.26. The van der Waals surface area contributed by atoms with Gasteiger partial charge >= 0.3 is 5.97 Å². The van der Waals surface area contributed by atoms with Crippen LogP contribution in [0.5, 0.6) is 0 Å². The van der Waals surface area contributed by atoms with Gasteiger partial charge in [-0.15, -0.1) is 0 Å². The van der Waals surface area contributed by atoms with E-state index in [0.29, 0.717) is 12.0 Å². The molecule has 150 valence electrons. The third-order valence-electron chi connectivity index (χ3n) is 5.30. The molecular weight excluding hydrogens is 368 g/mol. The van der Waals surface area contributed by atoms with Crippen LogP contribution in [-0.4, -0.2) is 55.9 Å². The van der Waals surface area contributed by atoms with Crippen LogP contribution < -0.4 is 5.32 Å². The highest BCUT2D eigenvalue weighted by atomic mass is 16.4. The van der Waals surface area contributed by atoms with Gasteiger partial charge in [-0.2, -0.15) is 5.10 Å². The molecule has 1 saturated heterocycles. The van der Waals surface area contributed by atoms with Crippen molar-refractivity contribution in [1.29, 1.82) is 0 Å². The first kappa shape index (κ1) is 19.1. The van der Waals surface area contributed by atoms with E-state index in [9.17, 15) is 4.79 Å². The zero-order valence-corrected chi connectivity index (χ0v) is 16.5. The highest BCUT2D eigenvalue weighted by Crippen LogP contribution is 2.25. The van der Waals surface area contributed by atoms with E-state index in [1.807, 2.05) is 17.8 Å². The maximum absolute atomic E-state index is 11.1. The molecule has 1 aromatic carbocycles. The number of hydrogen-bond donors (Lipinski definition) is 2. The Bertz CT molecular complexity index is 1010. The molecule has 3 heterocycles. The van der Waals surface area contributed by atoms with E-state index in [2.05, 4.69) is 32.3 Å². The molecule has 0 saturated carbocycles. The molecule has 0 bridgehead atoms. The molecule has 4 rings (SSSR count). The van der Waals surface area contributed by atoms with Gasteiger partial charge in [0.05, 0.1) is 29.2 Å². The summed E-state index contributed by atoms with van der Waals surface area (Å²) in [5, 5.41) is 16.8. The van der Waals surface area contributed by atoms with E-state index in [0.717, 1.165) is 48.4 Å². The van der Waals surface area contributed by atoms with Crippen LogP contribution >= 0.6 is 0 Å². The first-order valence-electron chi connectivity index (χ1n) is 9.66. The lowest BCUT2D eigenvalue weighted by molar-refractivity contribution is 0.0697. The maximum Gasteiger partial charge on any atom is 0.335 e. The standard InChI is InChI=1S/C21H24N6O2/c1-14-11-22-21(25-19(14)15-3-5-16(6-4-15)20(28)29)24-17-12-23-27(13-17)18-7-9-26(2)10-8-18/h3-6,11-13,18H,7-10H2,1-2H3,(H,28,29)(H,22,24,25). The number of carboxylic acids is 1. The number of anilines is 2. The number of aromatic carboxylic acids is 1. The van der Waals surface area contributed by atoms with Gasteiger partial charge in [-0.05, 0) is 57.6 Å². The Labute approximate surface area is 169 Å². The topological polar surface area (TPSA) is 96.2 Å². The summed E-state index contributed by atoms with van der Waals surface area (Å²) in [6.45, 7) is 4.10. The highest BCUT2D eigenvalue weighted by Gasteiger charge is 2.19. The van der Waals surface area contributed by atoms with E-state index in [4.69, 9.17) is 5.11 Å². The molecular formula is C21H24N6O2. The number of benzene rings is 1. The number of aromatic nitrogens is 4. The van der Waals surface area contributed by atoms with Crippen molar-refractivity contribution in [2.75, 3.05) is 25.5 Å². The lowest BCUT2D eigenvalue weighted by atomic mass is 10.1. The summed E-state index contributed by atoms with van der Waals surface area (Å²) in [7, 11) is 2.15. The Morgan fingerprint density at radius 3 is 2.59 bits per heavy atom. The van der Waals surface area contributed by atoms with Crippen molar-refractivity contribution in [1.82, 2.24) is 24.6 Å². The predicted molar refractivity (Wildman–Crippen MR) is 110 cm³/mol. The van der Waals surface area contributed by atoms with E-state index in [1.165, 1.54) is 0 Å². The van der Waals surface area contributed by atoms with Crippen molar-refractivity contribution in [3.8, 4) is 11.3 Å². The third-order valence-corrected chi connectivity index (χ3v) is 5.30. The Morgan fingerprint density at radius 1 is 1.17 bits per heavy atom. The van der Waals surface area contributed by atoms with Gasteiger partial charge in [0.2, 0.25) is 5.95 Å². The number of nitrogens with zero attached hydrogens (tertiary/aromatic N) is 5. The molecule has 2 aromatic heterocycles. The zero-order valence-electron chi connectivity index (χ0n) is 16.5. The van der Waals surface area contributed by atoms with Crippen LogP contribution in [-0.2, 0) is 0 Å². The van der Waals surface area contributed by atoms with Crippen molar-refractivity contribution >= 4 is 17.6 Å². The molecule has 3 aromatic rings. The number of aryl methyl sites for hydroxylation is 1. The van der Waals surface area contributed by atoms with Crippen LogP contribution in [0, 0.1) is 6.92 Å². The maximum atomic E-state index is 11.1. The fourth-order valence-electron chi connectivity index (χ4n) is 3.56. The third kappa shape index (κ3) is 4.27. The average molecular weight is 392 g/mol. The first-order valence-corrected chi connectivity index (χ1v) is 9.66. The van der Waals surface area contributed by atoms with Crippen LogP contribution in [0.3, 0.4) is 0 Å². The van der Waals surface area contributed by atoms with Crippen molar-refractivity contribution in [2.24, 2.45) is 0 Å². The quantitative estimate of drug-likeness (QED) is 0.687. The molecule has 1 aliphatic heterocycles. The summed E-state index contributed by atoms with van der Waals surface area (Å²) in [5.41, 5.74) is 3.63. The highest BCUT2D eigenvalue weighted by molar-refractivity contribution is 5.88. The molecule has 8 heteroatoms. The summed E-state index contributed by atoms with van der Waals surface area (Å²) in [6.07, 6.45) is 7.74. The summed E-state index contributed by atoms with van der Waals surface area (Å²) in [6, 6.07) is 7.11. The molecule has 29 heavy (non-hydrogen) atoms. The van der Waals surface area contributed by atoms with Gasteiger partial charge in [0, 0.05) is 18.0 Å². The summed E-state index contributed by atoms with van der Waals surface area (Å²) < 4.78 is 2.02. The molecule has 1 fully saturated rings. The first-order chi connectivity index (χ1) is 14.0. The smallest absolute Gasteiger partial charge is 0.335 e. The van der Waals surface area contributed by atoms with Crippen molar-refractivity contribution < 1.29 is 9.90 Å². The summed E-state index contributed by atoms with van der Waals surface area (Å²) >= 11 is 0. The second-order valence-electron chi connectivity index (χ2n) is 7.48. The largest absolute Gasteiger partial charge is 0.478 e. The van der Waals surface area contributed by atoms with E-state index >= 15 is 0 Å². The van der Waals surface area contributed by atoms with Gasteiger partial charge < -0.3 is 15.3 Å². The fourth-order valence-corrected chi connectivity index (χ4v) is 3.56. The van der Waals surface area contributed by atoms with Crippen LogP contribution in [0.4, 0.5) is 11.6 Å². The molecule has 0 atom stereocenters. The molecule has 8 nitrogen and oxygen atoms in total. The number of piperidine rings is 1. The van der Waals surface area contributed by atoms with E-state index in [1.54, 1.807) is 36.7 Å². The second kappa shape index (κ2) is 8.00. The molecule has 0 aliphatic carbocycles. The van der Waals surface area contributed by atoms with Gasteiger partial charge in [0.15, 0.2) is 0 Å². The molecule has 2 N–H and O–H groups in total. The Morgan fingerprint density at radius 2 is 1.90 bits per heavy atom. The van der Waals surface area contributed by atoms with Gasteiger partial charge in [0.1, 0.15) is 0 Å². The normalized spacial score (nSPS) is 15.4. The van der Waals surface area contributed by atoms with Gasteiger partial charge in [0.25, 0.3) is 0 Å². The predicted octanol–water partition coefficient (Wildman–Crippen LogP) is 3.36. The van der Waals surface area contributed by atoms with Crippen LogP contribution in [0.15, 0.2) is 42.9 Å². The molecule has 0 unspecified atom stereocenters. The fraction of sp³-hybridized carbons (Fsp3) is 0.333. The van der Waals surface area contributed by atoms with Crippen LogP contribution in [0.25, 0.3) is 11.3 Å². The number of carboxylic acid groups (broad SMARTS) is 1. The second-order valence-corrected chi connectivity index (χ2v) is 7.48. The number of nitrogens with one attached hydrogen (secondary N) is 1. The lowest BCUT2D eigenvalue weighted by Crippen LogP contribution is -2.31. The number of likely N-dealkylation sites (tertiary alicyclic amines) is 1. The minimum Gasteiger partial charge on any atom is -0.478 e. The Hall–Kier alpha value is -3.26. The van der Waals surface area contributed by atoms with Crippen LogP contribution in [0.2, 0.25) is 0 Å². The van der Waals surface area contributed by atoms with Crippen molar-refractivity contribution in [3.05, 3.63) is 54.0 Å². The summed E-state index contributed by atoms with van der Waals surface area (Å²) in [4.78, 5) is 22.4.